The topological polar surface area (TPSA) is 126 Å². The maximum absolute atomic E-state index is 13.9. The molecule has 2 amide bonds. The zero-order valence-electron chi connectivity index (χ0n) is 25.1. The quantitative estimate of drug-likeness (QED) is 0.265. The average molecular weight is 593 g/mol. The van der Waals surface area contributed by atoms with Crippen molar-refractivity contribution in [1.82, 2.24) is 15.6 Å². The average Bonchev–Trinajstić information content (AvgIpc) is 3.68. The Kier molecular flexibility index (Phi) is 6.73. The van der Waals surface area contributed by atoms with Gasteiger partial charge in [0.25, 0.3) is 0 Å². The van der Waals surface area contributed by atoms with E-state index in [1.54, 1.807) is 13.8 Å². The molecule has 1 spiro atoms. The van der Waals surface area contributed by atoms with Crippen LogP contribution in [-0.2, 0) is 21.4 Å². The van der Waals surface area contributed by atoms with Crippen LogP contribution < -0.4 is 20.7 Å². The molecule has 0 radical (unpaired) electrons. The smallest absolute Gasteiger partial charge is 0.249 e. The van der Waals surface area contributed by atoms with Gasteiger partial charge in [0.2, 0.25) is 17.7 Å². The molecule has 1 aromatic heterocycles. The van der Waals surface area contributed by atoms with Gasteiger partial charge in [0.05, 0.1) is 0 Å². The van der Waals surface area contributed by atoms with Gasteiger partial charge in [-0.25, -0.2) is 4.98 Å². The fourth-order valence-corrected chi connectivity index (χ4v) is 6.65. The zero-order valence-corrected chi connectivity index (χ0v) is 25.1. The van der Waals surface area contributed by atoms with Crippen molar-refractivity contribution < 1.29 is 23.8 Å². The maximum Gasteiger partial charge on any atom is 0.249 e. The number of aromatic nitrogens is 1. The van der Waals surface area contributed by atoms with E-state index >= 15 is 0 Å². The third-order valence-electron chi connectivity index (χ3n) is 9.00. The first-order valence-corrected chi connectivity index (χ1v) is 15.2. The summed E-state index contributed by atoms with van der Waals surface area (Å²) < 4.78 is 13.5. The van der Waals surface area contributed by atoms with Gasteiger partial charge in [0.1, 0.15) is 35.0 Å². The van der Waals surface area contributed by atoms with Crippen molar-refractivity contribution in [3.05, 3.63) is 101 Å². The number of rotatable bonds is 5. The van der Waals surface area contributed by atoms with Crippen LogP contribution in [0.2, 0.25) is 0 Å². The first kappa shape index (κ1) is 28.2. The number of aliphatic hydroxyl groups excluding tert-OH is 1. The molecule has 7 rings (SSSR count). The van der Waals surface area contributed by atoms with Gasteiger partial charge in [-0.05, 0) is 35.1 Å². The van der Waals surface area contributed by atoms with Crippen LogP contribution in [0.5, 0.6) is 5.75 Å². The number of nitrogens with one attached hydrogen (secondary N) is 3. The molecule has 0 saturated carbocycles. The van der Waals surface area contributed by atoms with Gasteiger partial charge >= 0.3 is 0 Å². The highest BCUT2D eigenvalue weighted by molar-refractivity contribution is 5.90. The molecule has 0 aliphatic carbocycles. The van der Waals surface area contributed by atoms with Crippen LogP contribution in [0.3, 0.4) is 0 Å². The highest BCUT2D eigenvalue weighted by Gasteiger charge is 2.60. The van der Waals surface area contributed by atoms with Crippen LogP contribution in [-0.4, -0.2) is 40.3 Å². The molecule has 4 N–H and O–H groups in total. The first-order chi connectivity index (χ1) is 21.2. The minimum atomic E-state index is -1.24. The van der Waals surface area contributed by atoms with E-state index in [2.05, 4.69) is 22.0 Å². The normalized spacial score (nSPS) is 23.9. The van der Waals surface area contributed by atoms with Crippen LogP contribution in [0.4, 0.5) is 5.69 Å². The van der Waals surface area contributed by atoms with E-state index in [4.69, 9.17) is 14.1 Å². The summed E-state index contributed by atoms with van der Waals surface area (Å²) in [5, 5.41) is 20.0. The van der Waals surface area contributed by atoms with Crippen molar-refractivity contribution >= 4 is 17.5 Å². The second kappa shape index (κ2) is 10.5. The fraction of sp³-hybridized carbons (Fsp3) is 0.343. The summed E-state index contributed by atoms with van der Waals surface area (Å²) in [6, 6.07) is 22.4. The molecule has 1 unspecified atom stereocenters. The number of hydrogen-bond acceptors (Lipinski definition) is 7. The zero-order chi connectivity index (χ0) is 30.7. The molecule has 0 saturated heterocycles. The molecule has 226 valence electrons. The molecule has 44 heavy (non-hydrogen) atoms. The van der Waals surface area contributed by atoms with E-state index in [0.29, 0.717) is 23.1 Å². The number of aliphatic hydroxyl groups is 1. The van der Waals surface area contributed by atoms with Gasteiger partial charge < -0.3 is 30.2 Å². The third-order valence-corrected chi connectivity index (χ3v) is 9.00. The monoisotopic (exact) mass is 592 g/mol. The summed E-state index contributed by atoms with van der Waals surface area (Å²) >= 11 is 0. The maximum atomic E-state index is 13.9. The second-order valence-corrected chi connectivity index (χ2v) is 12.6. The largest absolute Gasteiger partial charge is 0.469 e. The third kappa shape index (κ3) is 4.29. The number of nitrogens with zero attached hydrogens (tertiary/aromatic N) is 1. The second-order valence-electron chi connectivity index (χ2n) is 12.6. The van der Waals surface area contributed by atoms with E-state index in [-0.39, 0.29) is 24.2 Å². The minimum absolute atomic E-state index is 0.0925. The molecule has 3 aliphatic rings. The highest BCUT2D eigenvalue weighted by atomic mass is 16.5. The molecule has 4 heterocycles. The number of carbonyl (C=O) groups is 2. The van der Waals surface area contributed by atoms with Gasteiger partial charge in [-0.3, -0.25) is 9.59 Å². The van der Waals surface area contributed by atoms with Crippen LogP contribution in [0.1, 0.15) is 62.1 Å². The van der Waals surface area contributed by atoms with Gasteiger partial charge in [-0.1, -0.05) is 88.4 Å². The van der Waals surface area contributed by atoms with Crippen molar-refractivity contribution in [3.63, 3.8) is 0 Å². The standard InChI is InChI=1S/C35H36N4O5/c1-18(2)27-33-39-28(21-10-6-5-7-11-21)30(44-33)35-22-12-8-9-13-24(22)37-34(35)43-26-15-14-20(16-23(26)35)17-25(31(41)38-27)36-32(42)29(40)19(3)4/h5-16,18-19,25,27,29,34,37,40H,17H2,1-4H3,(H,36,42)(H,38,41)/t25-,27-,29-,34+,35?/m0/s1. The molecule has 4 aromatic rings. The SMILES string of the molecule is CC(C)[C@H](O)C(=O)N[C@H]1Cc2ccc3c(c2)C2(c4ccccc4N[C@@H]2O3)c2oc(nc2-c2ccccc2)[C@H](C(C)C)NC1=O. The lowest BCUT2D eigenvalue weighted by Crippen LogP contribution is -2.52. The molecular formula is C35H36N4O5. The lowest BCUT2D eigenvalue weighted by Gasteiger charge is -2.29. The molecule has 3 aromatic carbocycles. The number of carbonyl (C=O) groups excluding carboxylic acids is 2. The summed E-state index contributed by atoms with van der Waals surface area (Å²) in [6.45, 7) is 7.50. The Hall–Kier alpha value is -4.63. The first-order valence-electron chi connectivity index (χ1n) is 15.2. The van der Waals surface area contributed by atoms with Crippen LogP contribution >= 0.6 is 0 Å². The Morgan fingerprint density at radius 2 is 1.75 bits per heavy atom. The molecule has 3 aliphatic heterocycles. The molecule has 9 nitrogen and oxygen atoms in total. The van der Waals surface area contributed by atoms with E-state index in [1.807, 2.05) is 80.6 Å². The number of amides is 2. The molecule has 5 atom stereocenters. The summed E-state index contributed by atoms with van der Waals surface area (Å²) in [5.74, 6) is 0.346. The van der Waals surface area contributed by atoms with Crippen LogP contribution in [0, 0.1) is 11.8 Å². The molecule has 4 bridgehead atoms. The fourth-order valence-electron chi connectivity index (χ4n) is 6.65. The number of anilines is 1. The van der Waals surface area contributed by atoms with Crippen molar-refractivity contribution in [2.45, 2.75) is 63.9 Å². The number of hydrogen-bond donors (Lipinski definition) is 4. The van der Waals surface area contributed by atoms with Gasteiger partial charge in [0.15, 0.2) is 12.0 Å². The lowest BCUT2D eigenvalue weighted by atomic mass is 9.72. The van der Waals surface area contributed by atoms with Gasteiger partial charge in [-0.2, -0.15) is 0 Å². The van der Waals surface area contributed by atoms with Crippen molar-refractivity contribution in [2.75, 3.05) is 5.32 Å². The minimum Gasteiger partial charge on any atom is -0.469 e. The Morgan fingerprint density at radius 3 is 2.50 bits per heavy atom. The van der Waals surface area contributed by atoms with Crippen molar-refractivity contribution in [3.8, 4) is 17.0 Å². The molecule has 9 heteroatoms. The van der Waals surface area contributed by atoms with E-state index in [1.165, 1.54) is 0 Å². The molecule has 0 fully saturated rings. The number of ether oxygens (including phenoxy) is 1. The predicted molar refractivity (Wildman–Crippen MR) is 165 cm³/mol. The van der Waals surface area contributed by atoms with Crippen molar-refractivity contribution in [2.24, 2.45) is 11.8 Å². The lowest BCUT2D eigenvalue weighted by molar-refractivity contribution is -0.135. The van der Waals surface area contributed by atoms with Gasteiger partial charge in [0, 0.05) is 23.2 Å². The van der Waals surface area contributed by atoms with Gasteiger partial charge in [-0.15, -0.1) is 0 Å². The van der Waals surface area contributed by atoms with Crippen molar-refractivity contribution in [1.29, 1.82) is 0 Å². The van der Waals surface area contributed by atoms with E-state index in [0.717, 1.165) is 27.9 Å². The van der Waals surface area contributed by atoms with E-state index < -0.39 is 35.7 Å². The Morgan fingerprint density at radius 1 is 1.00 bits per heavy atom. The number of fused-ring (bicyclic) bond motifs is 4. The Balaban J connectivity index is 1.48. The van der Waals surface area contributed by atoms with E-state index in [9.17, 15) is 14.7 Å². The number of oxazole rings is 1. The summed E-state index contributed by atoms with van der Waals surface area (Å²) in [4.78, 5) is 32.0. The predicted octanol–water partition coefficient (Wildman–Crippen LogP) is 4.69. The summed E-state index contributed by atoms with van der Waals surface area (Å²) in [7, 11) is 0. The number of para-hydroxylation sites is 1. The number of benzene rings is 3. The van der Waals surface area contributed by atoms with Crippen LogP contribution in [0.15, 0.2) is 77.2 Å². The summed E-state index contributed by atoms with van der Waals surface area (Å²) in [6.07, 6.45) is -1.53. The Bertz CT molecular complexity index is 1750. The highest BCUT2D eigenvalue weighted by Crippen LogP contribution is 2.59. The van der Waals surface area contributed by atoms with Crippen LogP contribution in [0.25, 0.3) is 11.3 Å². The molecular weight excluding hydrogens is 556 g/mol. The summed E-state index contributed by atoms with van der Waals surface area (Å²) in [5.41, 5.74) is 4.36. The Labute approximate surface area is 256 Å².